The van der Waals surface area contributed by atoms with Crippen molar-refractivity contribution in [2.75, 3.05) is 11.9 Å². The van der Waals surface area contributed by atoms with Crippen LogP contribution in [0.2, 0.25) is 0 Å². The normalized spacial score (nSPS) is 10.4. The van der Waals surface area contributed by atoms with Crippen LogP contribution in [-0.2, 0) is 16.6 Å². The number of fused-ring (bicyclic) bond motifs is 1. The van der Waals surface area contributed by atoms with Crippen LogP contribution in [0.4, 0.5) is 5.69 Å². The molecular weight excluding hydrogens is 368 g/mol. The minimum atomic E-state index is -0.696. The van der Waals surface area contributed by atoms with Crippen LogP contribution in [0, 0.1) is 18.3 Å². The maximum Gasteiger partial charge on any atom is 0.349 e. The number of aryl methyl sites for hydroxylation is 2. The van der Waals surface area contributed by atoms with Crippen molar-refractivity contribution in [1.82, 2.24) is 9.55 Å². The van der Waals surface area contributed by atoms with Gasteiger partial charge in [-0.3, -0.25) is 9.59 Å². The predicted octanol–water partition coefficient (Wildman–Crippen LogP) is 1.97. The lowest BCUT2D eigenvalue weighted by Crippen LogP contribution is -2.21. The second kappa shape index (κ2) is 7.39. The first-order chi connectivity index (χ1) is 12.9. The first kappa shape index (κ1) is 18.3. The Hall–Kier alpha value is -3.51. The Morgan fingerprint density at radius 3 is 2.93 bits per heavy atom. The number of hydrogen-bond acceptors (Lipinski definition) is 7. The van der Waals surface area contributed by atoms with E-state index in [-0.39, 0.29) is 10.4 Å². The van der Waals surface area contributed by atoms with Crippen LogP contribution in [0.1, 0.15) is 20.8 Å². The number of nitrogens with zero attached hydrogens (tertiary/aromatic N) is 3. The number of nitrogens with one attached hydrogen (secondary N) is 1. The van der Waals surface area contributed by atoms with E-state index in [1.165, 1.54) is 17.0 Å². The molecule has 0 aliphatic heterocycles. The van der Waals surface area contributed by atoms with Crippen molar-refractivity contribution in [3.8, 4) is 6.07 Å². The van der Waals surface area contributed by atoms with Crippen LogP contribution in [-0.4, -0.2) is 28.0 Å². The molecule has 136 valence electrons. The summed E-state index contributed by atoms with van der Waals surface area (Å²) in [7, 11) is 1.58. The Morgan fingerprint density at radius 2 is 2.19 bits per heavy atom. The fraction of sp³-hybridized carbons (Fsp3) is 0.167. The molecule has 8 nitrogen and oxygen atoms in total. The minimum Gasteiger partial charge on any atom is -0.451 e. The molecule has 3 rings (SSSR count). The Bertz CT molecular complexity index is 1160. The molecule has 0 saturated carbocycles. The maximum absolute atomic E-state index is 12.3. The molecule has 2 heterocycles. The molecule has 9 heteroatoms. The van der Waals surface area contributed by atoms with Gasteiger partial charge < -0.3 is 14.6 Å². The van der Waals surface area contributed by atoms with Gasteiger partial charge in [0.2, 0.25) is 0 Å². The van der Waals surface area contributed by atoms with Crippen molar-refractivity contribution >= 4 is 39.1 Å². The van der Waals surface area contributed by atoms with E-state index in [1.54, 1.807) is 32.2 Å². The molecule has 0 aliphatic rings. The van der Waals surface area contributed by atoms with Crippen molar-refractivity contribution in [3.05, 3.63) is 57.0 Å². The molecule has 0 fully saturated rings. The number of anilines is 1. The lowest BCUT2D eigenvalue weighted by atomic mass is 10.2. The van der Waals surface area contributed by atoms with Gasteiger partial charge in [0, 0.05) is 12.7 Å². The van der Waals surface area contributed by atoms with Crippen LogP contribution < -0.4 is 10.9 Å². The van der Waals surface area contributed by atoms with Crippen LogP contribution in [0.15, 0.2) is 35.4 Å². The van der Waals surface area contributed by atoms with Gasteiger partial charge in [-0.25, -0.2) is 9.78 Å². The summed E-state index contributed by atoms with van der Waals surface area (Å²) in [5.41, 5.74) is 1.07. The number of benzene rings is 1. The van der Waals surface area contributed by atoms with Gasteiger partial charge in [0.15, 0.2) is 6.61 Å². The van der Waals surface area contributed by atoms with Crippen LogP contribution in [0.25, 0.3) is 10.2 Å². The summed E-state index contributed by atoms with van der Waals surface area (Å²) in [6, 6.07) is 8.35. The summed E-state index contributed by atoms with van der Waals surface area (Å²) < 4.78 is 6.39. The highest BCUT2D eigenvalue weighted by molar-refractivity contribution is 7.20. The Morgan fingerprint density at radius 1 is 1.41 bits per heavy atom. The van der Waals surface area contributed by atoms with Gasteiger partial charge in [-0.15, -0.1) is 11.3 Å². The van der Waals surface area contributed by atoms with Crippen molar-refractivity contribution in [3.63, 3.8) is 0 Å². The van der Waals surface area contributed by atoms with E-state index in [4.69, 9.17) is 10.00 Å². The van der Waals surface area contributed by atoms with E-state index in [9.17, 15) is 14.4 Å². The number of amides is 1. The third-order valence-electron chi connectivity index (χ3n) is 3.81. The molecule has 0 atom stereocenters. The highest BCUT2D eigenvalue weighted by atomic mass is 32.1. The van der Waals surface area contributed by atoms with E-state index in [1.807, 2.05) is 6.07 Å². The minimum absolute atomic E-state index is 0.236. The monoisotopic (exact) mass is 382 g/mol. The summed E-state index contributed by atoms with van der Waals surface area (Å²) in [5.74, 6) is -1.23. The molecule has 0 spiro atoms. The Labute approximate surface area is 157 Å². The third-order valence-corrected chi connectivity index (χ3v) is 4.99. The SMILES string of the molecule is Cc1c(C(=O)OCC(=O)Nc2cccc(C#N)c2)sc2ncn(C)c(=O)c12. The standard InChI is InChI=1S/C18H14N4O4S/c1-10-14-16(20-9-22(2)17(14)24)27-15(10)18(25)26-8-13(23)21-12-5-3-4-11(6-12)7-19/h3-6,9H,8H2,1-2H3,(H,21,23). The van der Waals surface area contributed by atoms with Crippen molar-refractivity contribution in [1.29, 1.82) is 5.26 Å². The van der Waals surface area contributed by atoms with Gasteiger partial charge in [-0.2, -0.15) is 5.26 Å². The zero-order valence-electron chi connectivity index (χ0n) is 14.5. The number of carbonyl (C=O) groups excluding carboxylic acids is 2. The van der Waals surface area contributed by atoms with E-state index in [0.717, 1.165) is 11.3 Å². The second-order valence-corrected chi connectivity index (χ2v) is 6.71. The first-order valence-corrected chi connectivity index (χ1v) is 8.64. The summed E-state index contributed by atoms with van der Waals surface area (Å²) in [6.07, 6.45) is 1.39. The molecule has 1 amide bonds. The summed E-state index contributed by atoms with van der Waals surface area (Å²) >= 11 is 1.05. The fourth-order valence-electron chi connectivity index (χ4n) is 2.46. The topological polar surface area (TPSA) is 114 Å². The molecule has 1 aromatic carbocycles. The molecule has 0 bridgehead atoms. The van der Waals surface area contributed by atoms with Gasteiger partial charge in [0.05, 0.1) is 23.3 Å². The number of aromatic nitrogens is 2. The lowest BCUT2D eigenvalue weighted by Gasteiger charge is -2.06. The molecule has 1 N–H and O–H groups in total. The van der Waals surface area contributed by atoms with Crippen LogP contribution in [0.5, 0.6) is 0 Å². The molecule has 0 aliphatic carbocycles. The second-order valence-electron chi connectivity index (χ2n) is 5.71. The van der Waals surface area contributed by atoms with E-state index >= 15 is 0 Å². The average Bonchev–Trinajstić information content (AvgIpc) is 3.00. The molecule has 2 aromatic heterocycles. The fourth-order valence-corrected chi connectivity index (χ4v) is 3.50. The van der Waals surface area contributed by atoms with E-state index < -0.39 is 18.5 Å². The lowest BCUT2D eigenvalue weighted by molar-refractivity contribution is -0.119. The predicted molar refractivity (Wildman–Crippen MR) is 99.7 cm³/mol. The number of nitriles is 1. The number of esters is 1. The molecule has 27 heavy (non-hydrogen) atoms. The third kappa shape index (κ3) is 3.70. The molecular formula is C18H14N4O4S. The largest absolute Gasteiger partial charge is 0.451 e. The number of rotatable bonds is 4. The zero-order valence-corrected chi connectivity index (χ0v) is 15.3. The Balaban J connectivity index is 1.71. The van der Waals surface area contributed by atoms with E-state index in [0.29, 0.717) is 27.0 Å². The van der Waals surface area contributed by atoms with Gasteiger partial charge in [0.1, 0.15) is 9.71 Å². The van der Waals surface area contributed by atoms with Gasteiger partial charge in [-0.05, 0) is 30.7 Å². The van der Waals surface area contributed by atoms with Crippen molar-refractivity contribution in [2.24, 2.45) is 7.05 Å². The maximum atomic E-state index is 12.3. The van der Waals surface area contributed by atoms with Gasteiger partial charge in [0.25, 0.3) is 11.5 Å². The number of hydrogen-bond donors (Lipinski definition) is 1. The van der Waals surface area contributed by atoms with Crippen molar-refractivity contribution in [2.45, 2.75) is 6.92 Å². The van der Waals surface area contributed by atoms with Gasteiger partial charge in [-0.1, -0.05) is 6.07 Å². The number of ether oxygens (including phenoxy) is 1. The number of carbonyl (C=O) groups is 2. The smallest absolute Gasteiger partial charge is 0.349 e. The highest BCUT2D eigenvalue weighted by Gasteiger charge is 2.21. The average molecular weight is 382 g/mol. The van der Waals surface area contributed by atoms with Gasteiger partial charge >= 0.3 is 5.97 Å². The molecule has 0 unspecified atom stereocenters. The summed E-state index contributed by atoms with van der Waals surface area (Å²) in [6.45, 7) is 1.15. The Kier molecular flexibility index (Phi) is 5.00. The van der Waals surface area contributed by atoms with Crippen LogP contribution >= 0.6 is 11.3 Å². The summed E-state index contributed by atoms with van der Waals surface area (Å²) in [5, 5.41) is 11.8. The highest BCUT2D eigenvalue weighted by Crippen LogP contribution is 2.27. The van der Waals surface area contributed by atoms with Crippen LogP contribution in [0.3, 0.4) is 0 Å². The first-order valence-electron chi connectivity index (χ1n) is 7.82. The zero-order chi connectivity index (χ0) is 19.6. The quantitative estimate of drug-likeness (QED) is 0.690. The molecule has 0 radical (unpaired) electrons. The summed E-state index contributed by atoms with van der Waals surface area (Å²) in [4.78, 5) is 41.3. The number of thiophene rings is 1. The van der Waals surface area contributed by atoms with Crippen molar-refractivity contribution < 1.29 is 14.3 Å². The molecule has 3 aromatic rings. The molecule has 0 saturated heterocycles. The van der Waals surface area contributed by atoms with E-state index in [2.05, 4.69) is 10.3 Å².